The molecule has 1 aliphatic heterocycles. The Hall–Kier alpha value is -2.01. The van der Waals surface area contributed by atoms with Gasteiger partial charge in [-0.3, -0.25) is 9.79 Å². The van der Waals surface area contributed by atoms with Gasteiger partial charge in [-0.2, -0.15) is 5.26 Å². The first-order valence-electron chi connectivity index (χ1n) is 10.5. The molecule has 1 aromatic heterocycles. The Morgan fingerprint density at radius 2 is 2.13 bits per heavy atom. The molecule has 2 aromatic rings. The normalized spacial score (nSPS) is 18.0. The van der Waals surface area contributed by atoms with Crippen molar-refractivity contribution in [1.29, 1.82) is 5.26 Å². The first-order chi connectivity index (χ1) is 14.3. The van der Waals surface area contributed by atoms with Gasteiger partial charge in [-0.1, -0.05) is 33.3 Å². The SMILES string of the molecule is CCCCOc1c(CN)n(CC(C)C)c(=O)c2ccc(C3=NC(C)(C#N)CS3)cc12.Cl. The van der Waals surface area contributed by atoms with Gasteiger partial charge in [0, 0.05) is 29.8 Å². The molecular weight excluding hydrogens is 432 g/mol. The van der Waals surface area contributed by atoms with Crippen LogP contribution in [0.1, 0.15) is 51.8 Å². The van der Waals surface area contributed by atoms with Crippen molar-refractivity contribution in [3.8, 4) is 11.8 Å². The van der Waals surface area contributed by atoms with Gasteiger partial charge < -0.3 is 15.0 Å². The molecule has 0 radical (unpaired) electrons. The second kappa shape index (κ2) is 10.5. The molecule has 8 heteroatoms. The molecule has 6 nitrogen and oxygen atoms in total. The summed E-state index contributed by atoms with van der Waals surface area (Å²) < 4.78 is 7.97. The van der Waals surface area contributed by atoms with Crippen LogP contribution in [-0.4, -0.2) is 27.5 Å². The molecule has 0 fully saturated rings. The average molecular weight is 463 g/mol. The second-order valence-electron chi connectivity index (χ2n) is 8.34. The third-order valence-electron chi connectivity index (χ3n) is 5.14. The summed E-state index contributed by atoms with van der Waals surface area (Å²) in [5.41, 5.74) is 6.98. The van der Waals surface area contributed by atoms with Crippen molar-refractivity contribution < 1.29 is 4.74 Å². The molecule has 2 N–H and O–H groups in total. The highest BCUT2D eigenvalue weighted by atomic mass is 35.5. The van der Waals surface area contributed by atoms with Crippen LogP contribution in [0.15, 0.2) is 28.0 Å². The summed E-state index contributed by atoms with van der Waals surface area (Å²) >= 11 is 1.57. The topological polar surface area (TPSA) is 93.4 Å². The number of aliphatic imine (C=N–C) groups is 1. The average Bonchev–Trinajstić information content (AvgIpc) is 3.13. The molecule has 31 heavy (non-hydrogen) atoms. The van der Waals surface area contributed by atoms with Crippen molar-refractivity contribution in [3.63, 3.8) is 0 Å². The third-order valence-corrected chi connectivity index (χ3v) is 6.45. The minimum Gasteiger partial charge on any atom is -0.491 e. The van der Waals surface area contributed by atoms with Gasteiger partial charge in [0.1, 0.15) is 5.75 Å². The van der Waals surface area contributed by atoms with Gasteiger partial charge in [0.2, 0.25) is 0 Å². The van der Waals surface area contributed by atoms with Gasteiger partial charge in [0.05, 0.1) is 28.8 Å². The van der Waals surface area contributed by atoms with Gasteiger partial charge in [0.25, 0.3) is 5.56 Å². The number of thioether (sulfide) groups is 1. The summed E-state index contributed by atoms with van der Waals surface area (Å²) in [6, 6.07) is 8.00. The molecule has 0 spiro atoms. The van der Waals surface area contributed by atoms with Crippen molar-refractivity contribution in [1.82, 2.24) is 4.57 Å². The summed E-state index contributed by atoms with van der Waals surface area (Å²) in [4.78, 5) is 17.9. The number of ether oxygens (including phenoxy) is 1. The zero-order valence-electron chi connectivity index (χ0n) is 18.6. The number of halogens is 1. The fourth-order valence-corrected chi connectivity index (χ4v) is 4.65. The Morgan fingerprint density at radius 1 is 1.39 bits per heavy atom. The highest BCUT2D eigenvalue weighted by molar-refractivity contribution is 8.14. The number of hydrogen-bond donors (Lipinski definition) is 1. The molecule has 1 aromatic carbocycles. The maximum atomic E-state index is 13.3. The Labute approximate surface area is 194 Å². The lowest BCUT2D eigenvalue weighted by Gasteiger charge is -2.21. The molecule has 0 saturated heterocycles. The highest BCUT2D eigenvalue weighted by Gasteiger charge is 2.31. The number of fused-ring (bicyclic) bond motifs is 1. The Bertz CT molecular complexity index is 1070. The van der Waals surface area contributed by atoms with Gasteiger partial charge in [-0.15, -0.1) is 24.2 Å². The second-order valence-corrected chi connectivity index (χ2v) is 9.31. The lowest BCUT2D eigenvalue weighted by atomic mass is 10.0. The fourth-order valence-electron chi connectivity index (χ4n) is 3.54. The maximum absolute atomic E-state index is 13.3. The van der Waals surface area contributed by atoms with Crippen LogP contribution >= 0.6 is 24.2 Å². The van der Waals surface area contributed by atoms with E-state index >= 15 is 0 Å². The van der Waals surface area contributed by atoms with E-state index in [0.717, 1.165) is 34.5 Å². The molecule has 0 amide bonds. The van der Waals surface area contributed by atoms with Crippen LogP contribution in [-0.2, 0) is 13.1 Å². The smallest absolute Gasteiger partial charge is 0.258 e. The molecule has 168 valence electrons. The van der Waals surface area contributed by atoms with E-state index in [0.29, 0.717) is 36.0 Å². The molecular formula is C23H31ClN4O2S. The minimum atomic E-state index is -0.710. The fraction of sp³-hybridized carbons (Fsp3) is 0.522. The predicted molar refractivity (Wildman–Crippen MR) is 132 cm³/mol. The lowest BCUT2D eigenvalue weighted by molar-refractivity contribution is 0.304. The number of nitrogens with zero attached hydrogens (tertiary/aromatic N) is 3. The zero-order valence-corrected chi connectivity index (χ0v) is 20.2. The quantitative estimate of drug-likeness (QED) is 0.583. The zero-order chi connectivity index (χ0) is 21.9. The van der Waals surface area contributed by atoms with Crippen molar-refractivity contribution >= 4 is 40.0 Å². The van der Waals surface area contributed by atoms with Crippen molar-refractivity contribution in [2.24, 2.45) is 16.6 Å². The van der Waals surface area contributed by atoms with E-state index in [9.17, 15) is 10.1 Å². The van der Waals surface area contributed by atoms with E-state index in [1.54, 1.807) is 16.3 Å². The minimum absolute atomic E-state index is 0. The van der Waals surface area contributed by atoms with Crippen molar-refractivity contribution in [3.05, 3.63) is 39.8 Å². The van der Waals surface area contributed by atoms with Crippen LogP contribution in [0.5, 0.6) is 5.75 Å². The van der Waals surface area contributed by atoms with E-state index < -0.39 is 5.54 Å². The molecule has 0 bridgehead atoms. The summed E-state index contributed by atoms with van der Waals surface area (Å²) in [5, 5.41) is 11.6. The van der Waals surface area contributed by atoms with E-state index in [-0.39, 0.29) is 24.5 Å². The maximum Gasteiger partial charge on any atom is 0.258 e. The van der Waals surface area contributed by atoms with E-state index in [1.165, 1.54) is 0 Å². The number of aromatic nitrogens is 1. The summed E-state index contributed by atoms with van der Waals surface area (Å²) in [7, 11) is 0. The summed E-state index contributed by atoms with van der Waals surface area (Å²) in [5.74, 6) is 1.62. The number of unbranched alkanes of at least 4 members (excludes halogenated alkanes) is 1. The third kappa shape index (κ3) is 5.25. The molecule has 1 atom stereocenters. The molecule has 1 unspecified atom stereocenters. The van der Waals surface area contributed by atoms with Crippen LogP contribution in [0.3, 0.4) is 0 Å². The molecule has 0 aliphatic carbocycles. The Morgan fingerprint density at radius 3 is 2.71 bits per heavy atom. The van der Waals surface area contributed by atoms with Crippen molar-refractivity contribution in [2.45, 2.75) is 59.2 Å². The monoisotopic (exact) mass is 462 g/mol. The number of rotatable bonds is 8. The first kappa shape index (κ1) is 25.3. The molecule has 0 saturated carbocycles. The molecule has 2 heterocycles. The van der Waals surface area contributed by atoms with Gasteiger partial charge in [0.15, 0.2) is 5.54 Å². The van der Waals surface area contributed by atoms with E-state index in [4.69, 9.17) is 10.5 Å². The van der Waals surface area contributed by atoms with Crippen LogP contribution in [0.4, 0.5) is 0 Å². The standard InChI is InChI=1S/C23H30N4O2S.ClH/c1-5-6-9-29-20-18-10-16(21-26-23(4,13-25)14-30-21)7-8-17(18)22(28)27(12-15(2)3)19(20)11-24;/h7-8,10,15H,5-6,9,11-12,14,24H2,1-4H3;1H. The van der Waals surface area contributed by atoms with Crippen LogP contribution in [0, 0.1) is 17.2 Å². The summed E-state index contributed by atoms with van der Waals surface area (Å²) in [6.07, 6.45) is 1.95. The largest absolute Gasteiger partial charge is 0.491 e. The van der Waals surface area contributed by atoms with E-state index in [1.807, 2.05) is 25.1 Å². The van der Waals surface area contributed by atoms with E-state index in [2.05, 4.69) is 31.8 Å². The Kier molecular flexibility index (Phi) is 8.58. The van der Waals surface area contributed by atoms with Crippen LogP contribution in [0.2, 0.25) is 0 Å². The van der Waals surface area contributed by atoms with Crippen LogP contribution in [0.25, 0.3) is 10.8 Å². The number of pyridine rings is 1. The highest BCUT2D eigenvalue weighted by Crippen LogP contribution is 2.34. The molecule has 1 aliphatic rings. The number of hydrogen-bond acceptors (Lipinski definition) is 6. The number of nitriles is 1. The lowest BCUT2D eigenvalue weighted by Crippen LogP contribution is -2.28. The predicted octanol–water partition coefficient (Wildman–Crippen LogP) is 4.49. The van der Waals surface area contributed by atoms with Gasteiger partial charge in [-0.25, -0.2) is 0 Å². The number of nitrogens with two attached hydrogens (primary N) is 1. The first-order valence-corrected chi connectivity index (χ1v) is 11.5. The Balaban J connectivity index is 0.00000341. The summed E-state index contributed by atoms with van der Waals surface area (Å²) in [6.45, 7) is 9.51. The number of benzene rings is 1. The van der Waals surface area contributed by atoms with Crippen molar-refractivity contribution in [2.75, 3.05) is 12.4 Å². The van der Waals surface area contributed by atoms with Gasteiger partial charge >= 0.3 is 0 Å². The van der Waals surface area contributed by atoms with Crippen LogP contribution < -0.4 is 16.0 Å². The van der Waals surface area contributed by atoms with Gasteiger partial charge in [-0.05, 0) is 31.4 Å². The molecule has 3 rings (SSSR count).